The van der Waals surface area contributed by atoms with E-state index in [1.54, 1.807) is 12.3 Å². The highest BCUT2D eigenvalue weighted by atomic mass is 35.5. The molecule has 1 atom stereocenters. The Labute approximate surface area is 67.5 Å². The Bertz CT molecular complexity index is 222. The molecule has 0 bridgehead atoms. The van der Waals surface area contributed by atoms with Crippen molar-refractivity contribution >= 4 is 28.4 Å². The number of carbonyl (C=O) groups is 1. The molecule has 0 aliphatic rings. The van der Waals surface area contributed by atoms with Crippen LogP contribution in [0.15, 0.2) is 18.5 Å². The lowest BCUT2D eigenvalue weighted by molar-refractivity contribution is -0.112. The first-order chi connectivity index (χ1) is 4.72. The number of hydrogen-bond acceptors (Lipinski definition) is 2. The molecule has 0 spiro atoms. The van der Waals surface area contributed by atoms with Gasteiger partial charge in [-0.2, -0.15) is 5.10 Å². The molecule has 0 aliphatic heterocycles. The maximum atomic E-state index is 10.4. The van der Waals surface area contributed by atoms with Crippen molar-refractivity contribution in [3.05, 3.63) is 18.5 Å². The second-order valence-electron chi connectivity index (χ2n) is 1.63. The van der Waals surface area contributed by atoms with E-state index in [0.29, 0.717) is 0 Å². The van der Waals surface area contributed by atoms with Gasteiger partial charge in [-0.05, 0) is 17.7 Å². The lowest BCUT2D eigenvalue weighted by Crippen LogP contribution is -2.08. The van der Waals surface area contributed by atoms with Gasteiger partial charge in [0.2, 0.25) is 0 Å². The standard InChI is InChI=1S/C5H4Cl2N2O/c6-4(5(7)10)9-3-1-2-8-9/h1-4H. The summed E-state index contributed by atoms with van der Waals surface area (Å²) in [4.78, 5) is 10.4. The first-order valence-corrected chi connectivity index (χ1v) is 3.36. The van der Waals surface area contributed by atoms with Crippen LogP contribution >= 0.6 is 23.2 Å². The van der Waals surface area contributed by atoms with Crippen LogP contribution in [0.3, 0.4) is 0 Å². The van der Waals surface area contributed by atoms with Crippen LogP contribution in [0.25, 0.3) is 0 Å². The summed E-state index contributed by atoms with van der Waals surface area (Å²) in [5, 5.41) is 3.08. The lowest BCUT2D eigenvalue weighted by atomic mass is 10.7. The summed E-state index contributed by atoms with van der Waals surface area (Å²) in [5.74, 6) is 0. The average molecular weight is 179 g/mol. The minimum absolute atomic E-state index is 0.634. The molecule has 0 aromatic carbocycles. The Morgan fingerprint density at radius 3 is 2.80 bits per heavy atom. The van der Waals surface area contributed by atoms with Crippen molar-refractivity contribution in [2.24, 2.45) is 0 Å². The van der Waals surface area contributed by atoms with E-state index in [-0.39, 0.29) is 0 Å². The molecule has 1 aromatic rings. The van der Waals surface area contributed by atoms with Crippen molar-refractivity contribution in [2.75, 3.05) is 0 Å². The van der Waals surface area contributed by atoms with E-state index in [4.69, 9.17) is 23.2 Å². The third-order valence-corrected chi connectivity index (χ3v) is 1.66. The van der Waals surface area contributed by atoms with Gasteiger partial charge in [-0.1, -0.05) is 11.6 Å². The van der Waals surface area contributed by atoms with Crippen LogP contribution < -0.4 is 0 Å². The smallest absolute Gasteiger partial charge is 0.261 e. The summed E-state index contributed by atoms with van der Waals surface area (Å²) in [6.07, 6.45) is 3.09. The highest BCUT2D eigenvalue weighted by Crippen LogP contribution is 2.12. The Balaban J connectivity index is 2.77. The van der Waals surface area contributed by atoms with Crippen LogP contribution in [-0.4, -0.2) is 15.0 Å². The van der Waals surface area contributed by atoms with Crippen LogP contribution in [0.4, 0.5) is 0 Å². The third kappa shape index (κ3) is 1.49. The predicted octanol–water partition coefficient (Wildman–Crippen LogP) is 1.39. The van der Waals surface area contributed by atoms with E-state index < -0.39 is 10.7 Å². The van der Waals surface area contributed by atoms with E-state index in [9.17, 15) is 4.79 Å². The first kappa shape index (κ1) is 7.57. The fourth-order valence-electron chi connectivity index (χ4n) is 0.519. The van der Waals surface area contributed by atoms with Gasteiger partial charge in [0.15, 0.2) is 5.50 Å². The molecule has 54 valence electrons. The van der Waals surface area contributed by atoms with Gasteiger partial charge in [-0.25, -0.2) is 4.68 Å². The minimum atomic E-state index is -0.892. The maximum Gasteiger partial charge on any atom is 0.261 e. The molecule has 3 nitrogen and oxygen atoms in total. The molecule has 1 aromatic heterocycles. The molecule has 0 saturated carbocycles. The summed E-state index contributed by atoms with van der Waals surface area (Å²) in [6.45, 7) is 0. The molecule has 5 heteroatoms. The summed E-state index contributed by atoms with van der Waals surface area (Å²) in [5.41, 5.74) is -0.892. The van der Waals surface area contributed by atoms with E-state index in [0.717, 1.165) is 0 Å². The predicted molar refractivity (Wildman–Crippen MR) is 38.0 cm³/mol. The van der Waals surface area contributed by atoms with Crippen LogP contribution in [0.2, 0.25) is 0 Å². The van der Waals surface area contributed by atoms with Gasteiger partial charge < -0.3 is 0 Å². The first-order valence-electron chi connectivity index (χ1n) is 2.54. The fourth-order valence-corrected chi connectivity index (χ4v) is 0.734. The summed E-state index contributed by atoms with van der Waals surface area (Å²) in [7, 11) is 0. The number of aromatic nitrogens is 2. The van der Waals surface area contributed by atoms with Crippen LogP contribution in [0.5, 0.6) is 0 Å². The normalized spacial score (nSPS) is 13.0. The van der Waals surface area contributed by atoms with E-state index in [1.165, 1.54) is 10.9 Å². The van der Waals surface area contributed by atoms with Crippen LogP contribution in [0.1, 0.15) is 5.50 Å². The van der Waals surface area contributed by atoms with Gasteiger partial charge >= 0.3 is 0 Å². The number of halogens is 2. The van der Waals surface area contributed by atoms with Crippen molar-refractivity contribution in [1.82, 2.24) is 9.78 Å². The largest absolute Gasteiger partial charge is 0.277 e. The summed E-state index contributed by atoms with van der Waals surface area (Å²) >= 11 is 10.6. The van der Waals surface area contributed by atoms with Crippen molar-refractivity contribution in [2.45, 2.75) is 5.50 Å². The zero-order valence-corrected chi connectivity index (χ0v) is 6.38. The lowest BCUT2D eigenvalue weighted by Gasteiger charge is -2.01. The van der Waals surface area contributed by atoms with Crippen molar-refractivity contribution in [1.29, 1.82) is 0 Å². The highest BCUT2D eigenvalue weighted by Gasteiger charge is 2.13. The van der Waals surface area contributed by atoms with Crippen LogP contribution in [-0.2, 0) is 4.79 Å². The molecule has 0 N–H and O–H groups in total. The average Bonchev–Trinajstić information content (AvgIpc) is 2.36. The van der Waals surface area contributed by atoms with Gasteiger partial charge in [0.1, 0.15) is 0 Å². The molecule has 0 amide bonds. The second kappa shape index (κ2) is 3.03. The second-order valence-corrected chi connectivity index (χ2v) is 2.41. The summed E-state index contributed by atoms with van der Waals surface area (Å²) < 4.78 is 1.27. The molecule has 0 radical (unpaired) electrons. The number of hydrogen-bond donors (Lipinski definition) is 0. The topological polar surface area (TPSA) is 34.9 Å². The zero-order valence-electron chi connectivity index (χ0n) is 4.87. The summed E-state index contributed by atoms with van der Waals surface area (Å²) in [6, 6.07) is 1.66. The van der Waals surface area contributed by atoms with Crippen LogP contribution in [0, 0.1) is 0 Å². The Hall–Kier alpha value is -0.540. The van der Waals surface area contributed by atoms with Crippen molar-refractivity contribution < 1.29 is 4.79 Å². The van der Waals surface area contributed by atoms with Crippen molar-refractivity contribution in [3.63, 3.8) is 0 Å². The van der Waals surface area contributed by atoms with Crippen molar-refractivity contribution in [3.8, 4) is 0 Å². The minimum Gasteiger partial charge on any atom is -0.277 e. The molecule has 0 saturated heterocycles. The molecular formula is C5H4Cl2N2O. The Kier molecular flexibility index (Phi) is 2.29. The SMILES string of the molecule is O=C(Cl)C(Cl)n1cccn1. The number of carbonyl (C=O) groups excluding carboxylic acids is 1. The molecule has 0 aliphatic carbocycles. The van der Waals surface area contributed by atoms with Gasteiger partial charge in [0, 0.05) is 12.4 Å². The fraction of sp³-hybridized carbons (Fsp3) is 0.200. The number of alkyl halides is 1. The molecular weight excluding hydrogens is 175 g/mol. The highest BCUT2D eigenvalue weighted by molar-refractivity contribution is 6.68. The van der Waals surface area contributed by atoms with E-state index in [2.05, 4.69) is 5.10 Å². The Morgan fingerprint density at radius 1 is 1.70 bits per heavy atom. The molecule has 10 heavy (non-hydrogen) atoms. The maximum absolute atomic E-state index is 10.4. The van der Waals surface area contributed by atoms with Gasteiger partial charge in [0.25, 0.3) is 5.24 Å². The molecule has 1 unspecified atom stereocenters. The Morgan fingerprint density at radius 2 is 2.40 bits per heavy atom. The monoisotopic (exact) mass is 178 g/mol. The third-order valence-electron chi connectivity index (χ3n) is 0.944. The quantitative estimate of drug-likeness (QED) is 0.507. The van der Waals surface area contributed by atoms with Gasteiger partial charge in [-0.15, -0.1) is 0 Å². The van der Waals surface area contributed by atoms with Gasteiger partial charge in [-0.3, -0.25) is 4.79 Å². The molecule has 1 heterocycles. The molecule has 1 rings (SSSR count). The van der Waals surface area contributed by atoms with E-state index >= 15 is 0 Å². The number of nitrogens with zero attached hydrogens (tertiary/aromatic N) is 2. The van der Waals surface area contributed by atoms with Gasteiger partial charge in [0.05, 0.1) is 0 Å². The van der Waals surface area contributed by atoms with E-state index in [1.807, 2.05) is 0 Å². The number of rotatable bonds is 2. The zero-order chi connectivity index (χ0) is 7.56. The molecule has 0 fully saturated rings.